The Morgan fingerprint density at radius 3 is 2.62 bits per heavy atom. The van der Waals surface area contributed by atoms with Crippen LogP contribution in [0.5, 0.6) is 0 Å². The van der Waals surface area contributed by atoms with Crippen LogP contribution in [0.25, 0.3) is 0 Å². The molecule has 6 heteroatoms. The number of rotatable bonds is 8. The number of sulfonamides is 1. The first-order valence-corrected chi connectivity index (χ1v) is 9.12. The van der Waals surface area contributed by atoms with Crippen molar-refractivity contribution in [2.75, 3.05) is 20.1 Å². The van der Waals surface area contributed by atoms with Gasteiger partial charge in [0, 0.05) is 24.6 Å². The van der Waals surface area contributed by atoms with Crippen molar-refractivity contribution in [2.24, 2.45) is 0 Å². The van der Waals surface area contributed by atoms with Crippen LogP contribution in [0.1, 0.15) is 25.8 Å². The van der Waals surface area contributed by atoms with Crippen LogP contribution in [-0.2, 0) is 16.6 Å². The summed E-state index contributed by atoms with van der Waals surface area (Å²) < 4.78 is 26.9. The summed E-state index contributed by atoms with van der Waals surface area (Å²) in [6.45, 7) is 9.66. The van der Waals surface area contributed by atoms with Gasteiger partial charge < -0.3 is 5.32 Å². The van der Waals surface area contributed by atoms with Crippen molar-refractivity contribution in [1.29, 1.82) is 0 Å². The molecule has 1 rings (SSSR count). The fourth-order valence-corrected chi connectivity index (χ4v) is 4.22. The van der Waals surface area contributed by atoms with Crippen LogP contribution in [0.3, 0.4) is 0 Å². The third kappa shape index (κ3) is 5.21. The van der Waals surface area contributed by atoms with Gasteiger partial charge in [-0.25, -0.2) is 8.42 Å². The van der Waals surface area contributed by atoms with Gasteiger partial charge in [-0.15, -0.1) is 0 Å². The van der Waals surface area contributed by atoms with Crippen LogP contribution in [0.15, 0.2) is 39.7 Å². The van der Waals surface area contributed by atoms with Gasteiger partial charge >= 0.3 is 0 Å². The number of nitrogens with zero attached hydrogens (tertiary/aromatic N) is 1. The van der Waals surface area contributed by atoms with E-state index in [1.165, 1.54) is 4.31 Å². The summed E-state index contributed by atoms with van der Waals surface area (Å²) in [5, 5.41) is 3.29. The molecule has 1 aromatic carbocycles. The largest absolute Gasteiger partial charge is 0.313 e. The Labute approximate surface area is 136 Å². The average molecular weight is 375 g/mol. The number of nitrogens with one attached hydrogen (secondary N) is 1. The minimum Gasteiger partial charge on any atom is -0.313 e. The summed E-state index contributed by atoms with van der Waals surface area (Å²) in [4.78, 5) is 0.283. The van der Waals surface area contributed by atoms with E-state index in [0.29, 0.717) is 11.0 Å². The fraction of sp³-hybridized carbons (Fsp3) is 0.467. The van der Waals surface area contributed by atoms with Crippen molar-refractivity contribution < 1.29 is 8.42 Å². The second-order valence-corrected chi connectivity index (χ2v) is 8.03. The van der Waals surface area contributed by atoms with E-state index in [2.05, 4.69) is 34.7 Å². The average Bonchev–Trinajstić information content (AvgIpc) is 2.38. The van der Waals surface area contributed by atoms with Crippen molar-refractivity contribution >= 4 is 26.0 Å². The molecule has 0 spiro atoms. The molecule has 0 saturated carbocycles. The zero-order valence-electron chi connectivity index (χ0n) is 12.8. The van der Waals surface area contributed by atoms with Crippen LogP contribution >= 0.6 is 15.9 Å². The lowest BCUT2D eigenvalue weighted by Gasteiger charge is -2.18. The molecular formula is C15H23BrN2O2S. The van der Waals surface area contributed by atoms with Gasteiger partial charge in [-0.3, -0.25) is 0 Å². The van der Waals surface area contributed by atoms with E-state index >= 15 is 0 Å². The zero-order chi connectivity index (χ0) is 16.0. The van der Waals surface area contributed by atoms with Crippen molar-refractivity contribution in [3.8, 4) is 0 Å². The molecule has 0 fully saturated rings. The van der Waals surface area contributed by atoms with Crippen molar-refractivity contribution in [2.45, 2.75) is 31.7 Å². The second-order valence-electron chi connectivity index (χ2n) is 5.16. The summed E-state index contributed by atoms with van der Waals surface area (Å²) in [6.07, 6.45) is 1.07. The molecule has 0 saturated heterocycles. The first kappa shape index (κ1) is 18.4. The third-order valence-corrected chi connectivity index (χ3v) is 5.71. The Morgan fingerprint density at radius 1 is 1.43 bits per heavy atom. The molecule has 0 aliphatic carbocycles. The molecule has 4 nitrogen and oxygen atoms in total. The summed E-state index contributed by atoms with van der Waals surface area (Å²) in [7, 11) is -1.94. The van der Waals surface area contributed by atoms with Crippen molar-refractivity contribution in [3.05, 3.63) is 40.4 Å². The lowest BCUT2D eigenvalue weighted by atomic mass is 10.2. The smallest absolute Gasteiger partial charge is 0.244 e. The molecule has 1 N–H and O–H groups in total. The van der Waals surface area contributed by atoms with Gasteiger partial charge in [0.2, 0.25) is 10.0 Å². The minimum atomic E-state index is -3.50. The molecule has 0 amide bonds. The molecule has 1 aromatic rings. The summed E-state index contributed by atoms with van der Waals surface area (Å²) in [5.74, 6) is 0. The first-order chi connectivity index (χ1) is 9.78. The lowest BCUT2D eigenvalue weighted by molar-refractivity contribution is 0.492. The molecule has 0 atom stereocenters. The van der Waals surface area contributed by atoms with Gasteiger partial charge in [0.15, 0.2) is 0 Å². The molecule has 0 radical (unpaired) electrons. The van der Waals surface area contributed by atoms with Gasteiger partial charge in [-0.1, -0.05) is 25.1 Å². The number of likely N-dealkylation sites (N-methyl/N-ethyl adjacent to an activating group) is 1. The van der Waals surface area contributed by atoms with Crippen LogP contribution in [0.2, 0.25) is 0 Å². The Kier molecular flexibility index (Phi) is 7.06. The molecular weight excluding hydrogens is 352 g/mol. The highest BCUT2D eigenvalue weighted by Crippen LogP contribution is 2.26. The van der Waals surface area contributed by atoms with Gasteiger partial charge in [0.1, 0.15) is 0 Å². The SMILES string of the molecule is C=C(C)CN(C)S(=O)(=O)c1ccc(CNCCC)cc1Br. The third-order valence-electron chi connectivity index (χ3n) is 2.93. The first-order valence-electron chi connectivity index (χ1n) is 6.89. The van der Waals surface area contributed by atoms with E-state index in [-0.39, 0.29) is 4.90 Å². The highest BCUT2D eigenvalue weighted by molar-refractivity contribution is 9.10. The van der Waals surface area contributed by atoms with Crippen molar-refractivity contribution in [1.82, 2.24) is 9.62 Å². The standard InChI is InChI=1S/C15H23BrN2O2S/c1-5-8-17-10-13-6-7-15(14(16)9-13)21(19,20)18(4)11-12(2)3/h6-7,9,17H,2,5,8,10-11H2,1,3-4H3. The highest BCUT2D eigenvalue weighted by atomic mass is 79.9. The Morgan fingerprint density at radius 2 is 2.10 bits per heavy atom. The predicted molar refractivity (Wildman–Crippen MR) is 90.8 cm³/mol. The number of hydrogen-bond acceptors (Lipinski definition) is 3. The van der Waals surface area contributed by atoms with E-state index in [1.807, 2.05) is 19.1 Å². The summed E-state index contributed by atoms with van der Waals surface area (Å²) in [6, 6.07) is 5.34. The molecule has 0 aliphatic heterocycles. The van der Waals surface area contributed by atoms with Crippen LogP contribution in [-0.4, -0.2) is 32.9 Å². The Balaban J connectivity index is 2.95. The monoisotopic (exact) mass is 374 g/mol. The topological polar surface area (TPSA) is 49.4 Å². The highest BCUT2D eigenvalue weighted by Gasteiger charge is 2.23. The number of hydrogen-bond donors (Lipinski definition) is 1. The maximum Gasteiger partial charge on any atom is 0.244 e. The molecule has 118 valence electrons. The Bertz CT molecular complexity index is 600. The Hall–Kier alpha value is -0.690. The van der Waals surface area contributed by atoms with Gasteiger partial charge in [-0.2, -0.15) is 4.31 Å². The van der Waals surface area contributed by atoms with Crippen LogP contribution in [0.4, 0.5) is 0 Å². The normalized spacial score (nSPS) is 11.9. The predicted octanol–water partition coefficient (Wildman–Crippen LogP) is 3.15. The van der Waals surface area contributed by atoms with Crippen LogP contribution < -0.4 is 5.32 Å². The maximum absolute atomic E-state index is 12.5. The minimum absolute atomic E-state index is 0.283. The number of benzene rings is 1. The van der Waals surface area contributed by atoms with Gasteiger partial charge in [0.25, 0.3) is 0 Å². The molecule has 0 unspecified atom stereocenters. The van der Waals surface area contributed by atoms with Gasteiger partial charge in [-0.05, 0) is 53.5 Å². The second kappa shape index (κ2) is 8.08. The van der Waals surface area contributed by atoms with E-state index in [1.54, 1.807) is 13.1 Å². The molecule has 21 heavy (non-hydrogen) atoms. The molecule has 0 aliphatic rings. The number of halogens is 1. The van der Waals surface area contributed by atoms with Crippen LogP contribution in [0, 0.1) is 0 Å². The van der Waals surface area contributed by atoms with E-state index in [4.69, 9.17) is 0 Å². The quantitative estimate of drug-likeness (QED) is 0.561. The zero-order valence-corrected chi connectivity index (χ0v) is 15.2. The molecule has 0 aromatic heterocycles. The lowest BCUT2D eigenvalue weighted by Crippen LogP contribution is -2.28. The summed E-state index contributed by atoms with van der Waals surface area (Å²) >= 11 is 3.37. The van der Waals surface area contributed by atoms with Gasteiger partial charge in [0.05, 0.1) is 4.90 Å². The van der Waals surface area contributed by atoms with E-state index in [0.717, 1.165) is 30.6 Å². The maximum atomic E-state index is 12.5. The molecule has 0 heterocycles. The molecule has 0 bridgehead atoms. The van der Waals surface area contributed by atoms with Crippen molar-refractivity contribution in [3.63, 3.8) is 0 Å². The van der Waals surface area contributed by atoms with E-state index in [9.17, 15) is 8.42 Å². The summed E-state index contributed by atoms with van der Waals surface area (Å²) in [5.41, 5.74) is 1.86. The fourth-order valence-electron chi connectivity index (χ4n) is 1.91. The van der Waals surface area contributed by atoms with E-state index < -0.39 is 10.0 Å².